The lowest BCUT2D eigenvalue weighted by atomic mass is 9.86. The first kappa shape index (κ1) is 10.2. The van der Waals surface area contributed by atoms with Crippen LogP contribution in [0.25, 0.3) is 0 Å². The van der Waals surface area contributed by atoms with Gasteiger partial charge >= 0.3 is 5.97 Å². The molecule has 0 heterocycles. The molecule has 1 unspecified atom stereocenters. The smallest absolute Gasteiger partial charge is 0.338 e. The van der Waals surface area contributed by atoms with Crippen molar-refractivity contribution >= 4 is 5.97 Å². The highest BCUT2D eigenvalue weighted by atomic mass is 16.5. The third kappa shape index (κ3) is 1.88. The maximum atomic E-state index is 11.5. The summed E-state index contributed by atoms with van der Waals surface area (Å²) in [6.45, 7) is 0. The summed E-state index contributed by atoms with van der Waals surface area (Å²) in [5, 5.41) is 0. The van der Waals surface area contributed by atoms with Crippen LogP contribution in [0.2, 0.25) is 0 Å². The van der Waals surface area contributed by atoms with E-state index in [1.54, 1.807) is 0 Å². The van der Waals surface area contributed by atoms with Crippen LogP contribution >= 0.6 is 0 Å². The first-order valence-electron chi connectivity index (χ1n) is 5.17. The number of methoxy groups -OCH3 is 1. The van der Waals surface area contributed by atoms with Crippen LogP contribution in [0.5, 0.6) is 0 Å². The van der Waals surface area contributed by atoms with Gasteiger partial charge in [0, 0.05) is 6.04 Å². The Morgan fingerprint density at radius 1 is 1.53 bits per heavy atom. The fraction of sp³-hybridized carbons (Fsp3) is 0.417. The molecule has 0 fully saturated rings. The predicted molar refractivity (Wildman–Crippen MR) is 57.8 cm³/mol. The van der Waals surface area contributed by atoms with E-state index in [0.29, 0.717) is 5.56 Å². The molecule has 0 bridgehead atoms. The van der Waals surface area contributed by atoms with Crippen molar-refractivity contribution in [3.63, 3.8) is 0 Å². The Morgan fingerprint density at radius 3 is 3.07 bits per heavy atom. The van der Waals surface area contributed by atoms with Gasteiger partial charge in [0.05, 0.1) is 12.7 Å². The third-order valence-electron chi connectivity index (χ3n) is 2.93. The van der Waals surface area contributed by atoms with Gasteiger partial charge < -0.3 is 10.5 Å². The van der Waals surface area contributed by atoms with Crippen molar-refractivity contribution < 1.29 is 9.53 Å². The molecule has 3 heteroatoms. The Labute approximate surface area is 89.2 Å². The Kier molecular flexibility index (Phi) is 2.73. The van der Waals surface area contributed by atoms with E-state index < -0.39 is 0 Å². The highest BCUT2D eigenvalue weighted by Gasteiger charge is 2.20. The molecular formula is C12H15NO2. The van der Waals surface area contributed by atoms with Crippen molar-refractivity contribution in [2.24, 2.45) is 5.73 Å². The molecule has 15 heavy (non-hydrogen) atoms. The lowest BCUT2D eigenvalue weighted by molar-refractivity contribution is 0.0599. The number of hydrogen-bond donors (Lipinski definition) is 1. The van der Waals surface area contributed by atoms with Gasteiger partial charge in [0.25, 0.3) is 0 Å². The molecule has 1 aromatic carbocycles. The van der Waals surface area contributed by atoms with Gasteiger partial charge in [0.15, 0.2) is 0 Å². The number of ether oxygens (including phenoxy) is 1. The Morgan fingerprint density at radius 2 is 2.33 bits per heavy atom. The lowest BCUT2D eigenvalue weighted by Crippen LogP contribution is -2.28. The number of carbonyl (C=O) groups excluding carboxylic acids is 1. The second-order valence-corrected chi connectivity index (χ2v) is 3.94. The molecule has 1 aliphatic carbocycles. The largest absolute Gasteiger partial charge is 0.465 e. The van der Waals surface area contributed by atoms with Gasteiger partial charge in [0.2, 0.25) is 0 Å². The SMILES string of the molecule is COC(=O)c1cccc2c1CCC(N)C2. The molecule has 0 saturated heterocycles. The van der Waals surface area contributed by atoms with Crippen LogP contribution in [0.4, 0.5) is 0 Å². The van der Waals surface area contributed by atoms with Gasteiger partial charge in [-0.1, -0.05) is 12.1 Å². The summed E-state index contributed by atoms with van der Waals surface area (Å²) >= 11 is 0. The topological polar surface area (TPSA) is 52.3 Å². The first-order chi connectivity index (χ1) is 7.22. The van der Waals surface area contributed by atoms with E-state index in [0.717, 1.165) is 24.8 Å². The number of benzene rings is 1. The highest BCUT2D eigenvalue weighted by Crippen LogP contribution is 2.24. The van der Waals surface area contributed by atoms with Gasteiger partial charge in [0.1, 0.15) is 0 Å². The molecule has 80 valence electrons. The second kappa shape index (κ2) is 4.03. The van der Waals surface area contributed by atoms with Crippen molar-refractivity contribution in [3.05, 3.63) is 34.9 Å². The van der Waals surface area contributed by atoms with E-state index in [4.69, 9.17) is 10.5 Å². The molecule has 0 saturated carbocycles. The maximum Gasteiger partial charge on any atom is 0.338 e. The van der Waals surface area contributed by atoms with E-state index in [2.05, 4.69) is 0 Å². The van der Waals surface area contributed by atoms with E-state index in [1.165, 1.54) is 12.7 Å². The fourth-order valence-corrected chi connectivity index (χ4v) is 2.14. The number of rotatable bonds is 1. The van der Waals surface area contributed by atoms with Crippen LogP contribution in [-0.4, -0.2) is 19.1 Å². The third-order valence-corrected chi connectivity index (χ3v) is 2.93. The monoisotopic (exact) mass is 205 g/mol. The van der Waals surface area contributed by atoms with E-state index in [9.17, 15) is 4.79 Å². The summed E-state index contributed by atoms with van der Waals surface area (Å²) in [5.41, 5.74) is 8.90. The van der Waals surface area contributed by atoms with E-state index >= 15 is 0 Å². The first-order valence-corrected chi connectivity index (χ1v) is 5.17. The summed E-state index contributed by atoms with van der Waals surface area (Å²) in [4.78, 5) is 11.5. The normalized spacial score (nSPS) is 19.5. The second-order valence-electron chi connectivity index (χ2n) is 3.94. The van der Waals surface area contributed by atoms with Crippen molar-refractivity contribution in [3.8, 4) is 0 Å². The van der Waals surface area contributed by atoms with Gasteiger partial charge in [-0.2, -0.15) is 0 Å². The van der Waals surface area contributed by atoms with Crippen LogP contribution < -0.4 is 5.73 Å². The minimum absolute atomic E-state index is 0.227. The number of fused-ring (bicyclic) bond motifs is 1. The summed E-state index contributed by atoms with van der Waals surface area (Å²) in [7, 11) is 1.41. The quantitative estimate of drug-likeness (QED) is 0.703. The van der Waals surface area contributed by atoms with Gasteiger partial charge in [-0.05, 0) is 36.5 Å². The fourth-order valence-electron chi connectivity index (χ4n) is 2.14. The number of esters is 1. The molecule has 0 aromatic heterocycles. The van der Waals surface area contributed by atoms with Crippen molar-refractivity contribution in [1.29, 1.82) is 0 Å². The van der Waals surface area contributed by atoms with Gasteiger partial charge in [-0.3, -0.25) is 0 Å². The molecule has 0 aliphatic heterocycles. The van der Waals surface area contributed by atoms with Crippen molar-refractivity contribution in [2.45, 2.75) is 25.3 Å². The zero-order valence-electron chi connectivity index (χ0n) is 8.82. The molecule has 2 rings (SSSR count). The molecular weight excluding hydrogens is 190 g/mol. The zero-order valence-corrected chi connectivity index (χ0v) is 8.82. The molecule has 1 aromatic rings. The number of nitrogens with two attached hydrogens (primary N) is 1. The van der Waals surface area contributed by atoms with Gasteiger partial charge in [-0.25, -0.2) is 4.79 Å². The Hall–Kier alpha value is -1.35. The molecule has 1 atom stereocenters. The molecule has 2 N–H and O–H groups in total. The average molecular weight is 205 g/mol. The number of hydrogen-bond acceptors (Lipinski definition) is 3. The zero-order chi connectivity index (χ0) is 10.8. The van der Waals surface area contributed by atoms with E-state index in [1.807, 2.05) is 18.2 Å². The average Bonchev–Trinajstić information content (AvgIpc) is 2.26. The molecule has 0 radical (unpaired) electrons. The van der Waals surface area contributed by atoms with Crippen LogP contribution in [0.15, 0.2) is 18.2 Å². The maximum absolute atomic E-state index is 11.5. The number of carbonyl (C=O) groups is 1. The summed E-state index contributed by atoms with van der Waals surface area (Å²) in [6, 6.07) is 5.98. The Balaban J connectivity index is 2.42. The van der Waals surface area contributed by atoms with Crippen LogP contribution in [-0.2, 0) is 17.6 Å². The molecule has 1 aliphatic rings. The molecule has 3 nitrogen and oxygen atoms in total. The standard InChI is InChI=1S/C12H15NO2/c1-15-12(14)11-4-2-3-8-7-9(13)5-6-10(8)11/h2-4,9H,5-7,13H2,1H3. The highest BCUT2D eigenvalue weighted by molar-refractivity contribution is 5.91. The lowest BCUT2D eigenvalue weighted by Gasteiger charge is -2.22. The summed E-state index contributed by atoms with van der Waals surface area (Å²) in [5.74, 6) is -0.248. The summed E-state index contributed by atoms with van der Waals surface area (Å²) < 4.78 is 4.76. The summed E-state index contributed by atoms with van der Waals surface area (Å²) in [6.07, 6.45) is 2.68. The van der Waals surface area contributed by atoms with Crippen molar-refractivity contribution in [2.75, 3.05) is 7.11 Å². The van der Waals surface area contributed by atoms with Crippen LogP contribution in [0.3, 0.4) is 0 Å². The Bertz CT molecular complexity index is 387. The van der Waals surface area contributed by atoms with Crippen LogP contribution in [0, 0.1) is 0 Å². The van der Waals surface area contributed by atoms with Crippen LogP contribution in [0.1, 0.15) is 27.9 Å². The van der Waals surface area contributed by atoms with E-state index in [-0.39, 0.29) is 12.0 Å². The minimum Gasteiger partial charge on any atom is -0.465 e. The van der Waals surface area contributed by atoms with Crippen molar-refractivity contribution in [1.82, 2.24) is 0 Å². The predicted octanol–water partition coefficient (Wildman–Crippen LogP) is 1.29. The molecule has 0 spiro atoms. The van der Waals surface area contributed by atoms with Gasteiger partial charge in [-0.15, -0.1) is 0 Å². The minimum atomic E-state index is -0.248. The molecule has 0 amide bonds.